The van der Waals surface area contributed by atoms with Crippen molar-refractivity contribution in [2.24, 2.45) is 7.05 Å². The number of rotatable bonds is 12. The van der Waals surface area contributed by atoms with E-state index in [2.05, 4.69) is 30.8 Å². The summed E-state index contributed by atoms with van der Waals surface area (Å²) in [6.07, 6.45) is 6.86. The Bertz CT molecular complexity index is 2120. The summed E-state index contributed by atoms with van der Waals surface area (Å²) in [6, 6.07) is 22.1. The predicted octanol–water partition coefficient (Wildman–Crippen LogP) is 5.97. The first-order valence-corrected chi connectivity index (χ1v) is 16.6. The summed E-state index contributed by atoms with van der Waals surface area (Å²) < 4.78 is 3.50. The van der Waals surface area contributed by atoms with Crippen LogP contribution in [-0.2, 0) is 13.6 Å². The predicted molar refractivity (Wildman–Crippen MR) is 193 cm³/mol. The average molecular weight is 661 g/mol. The van der Waals surface area contributed by atoms with Crippen molar-refractivity contribution in [3.8, 4) is 0 Å². The summed E-state index contributed by atoms with van der Waals surface area (Å²) in [5.74, 6) is 0.691. The van der Waals surface area contributed by atoms with Gasteiger partial charge >= 0.3 is 0 Å². The third-order valence-corrected chi connectivity index (χ3v) is 8.71. The van der Waals surface area contributed by atoms with Crippen molar-refractivity contribution in [1.82, 2.24) is 24.0 Å². The number of pyridine rings is 2. The van der Waals surface area contributed by atoms with Crippen LogP contribution >= 0.6 is 11.8 Å². The van der Waals surface area contributed by atoms with E-state index in [-0.39, 0.29) is 23.4 Å². The Balaban J connectivity index is 1.17. The number of aryl methyl sites for hydroxylation is 2. The number of amides is 3. The molecule has 0 saturated heterocycles. The quantitative estimate of drug-likeness (QED) is 0.138. The lowest BCUT2D eigenvalue weighted by molar-refractivity contribution is 0.100. The molecule has 12 heteroatoms. The number of thioether (sulfide) groups is 1. The molecule has 0 saturated carbocycles. The third kappa shape index (κ3) is 7.73. The van der Waals surface area contributed by atoms with Gasteiger partial charge in [-0.15, -0.1) is 0 Å². The fraction of sp³-hybridized carbons (Fsp3) is 0.194. The molecule has 4 heterocycles. The van der Waals surface area contributed by atoms with Crippen molar-refractivity contribution in [3.63, 3.8) is 0 Å². The fourth-order valence-corrected chi connectivity index (χ4v) is 6.30. The summed E-state index contributed by atoms with van der Waals surface area (Å²) in [5.41, 5.74) is 3.46. The normalized spacial score (nSPS) is 11.2. The minimum atomic E-state index is -0.369. The lowest BCUT2D eigenvalue weighted by Crippen LogP contribution is -2.18. The zero-order valence-corrected chi connectivity index (χ0v) is 27.8. The van der Waals surface area contributed by atoms with E-state index in [0.29, 0.717) is 35.0 Å². The van der Waals surface area contributed by atoms with Gasteiger partial charge in [0, 0.05) is 72.9 Å². The van der Waals surface area contributed by atoms with E-state index < -0.39 is 0 Å². The number of nitrogens with one attached hydrogen (secondary N) is 3. The molecule has 244 valence electrons. The number of carbonyl (C=O) groups is 3. The third-order valence-electron chi connectivity index (χ3n) is 7.77. The highest BCUT2D eigenvalue weighted by molar-refractivity contribution is 7.99. The van der Waals surface area contributed by atoms with Crippen molar-refractivity contribution in [1.29, 1.82) is 0 Å². The van der Waals surface area contributed by atoms with E-state index in [9.17, 15) is 14.4 Å². The van der Waals surface area contributed by atoms with Gasteiger partial charge in [0.25, 0.3) is 17.7 Å². The second-order valence-corrected chi connectivity index (χ2v) is 12.9. The highest BCUT2D eigenvalue weighted by Crippen LogP contribution is 2.22. The molecular weight excluding hydrogens is 625 g/mol. The number of benzene rings is 2. The largest absolute Gasteiger partial charge is 0.344 e. The minimum Gasteiger partial charge on any atom is -0.344 e. The van der Waals surface area contributed by atoms with Crippen LogP contribution in [0.3, 0.4) is 0 Å². The number of nitrogens with zero attached hydrogens (tertiary/aromatic N) is 5. The molecule has 0 aliphatic carbocycles. The van der Waals surface area contributed by atoms with E-state index in [1.807, 2.05) is 67.2 Å². The maximum Gasteiger partial charge on any atom is 0.274 e. The smallest absolute Gasteiger partial charge is 0.274 e. The van der Waals surface area contributed by atoms with Gasteiger partial charge in [-0.05, 0) is 61.9 Å². The van der Waals surface area contributed by atoms with Gasteiger partial charge in [0.1, 0.15) is 17.1 Å². The van der Waals surface area contributed by atoms with Crippen LogP contribution in [0.1, 0.15) is 31.5 Å². The maximum absolute atomic E-state index is 13.6. The minimum absolute atomic E-state index is 0.280. The highest BCUT2D eigenvalue weighted by Gasteiger charge is 2.19. The van der Waals surface area contributed by atoms with Crippen LogP contribution in [-0.4, -0.2) is 73.9 Å². The summed E-state index contributed by atoms with van der Waals surface area (Å²) in [7, 11) is 5.82. The topological polar surface area (TPSA) is 126 Å². The number of hydrogen-bond donors (Lipinski definition) is 3. The second-order valence-electron chi connectivity index (χ2n) is 11.6. The first-order chi connectivity index (χ1) is 23.2. The van der Waals surface area contributed by atoms with Gasteiger partial charge in [0.05, 0.1) is 16.9 Å². The van der Waals surface area contributed by atoms with Crippen LogP contribution in [0.25, 0.3) is 21.7 Å². The molecule has 48 heavy (non-hydrogen) atoms. The Kier molecular flexibility index (Phi) is 9.83. The SMILES string of the molecule is CN(C)CCSCCn1cc(NC(=O)c2cc3ccccc3cn2)cc1C(=O)Nc1cc(C(=O)Nc2ccc3ncccc3c2)n(C)c1. The van der Waals surface area contributed by atoms with Crippen molar-refractivity contribution in [2.75, 3.05) is 48.1 Å². The molecule has 0 bridgehead atoms. The standard InChI is InChI=1S/C36H36N8O3S/c1-42(2)13-15-48-16-14-44-23-29(40-34(45)31-18-24-7-4-5-8-26(24)21-38-31)20-33(44)36(47)41-28-19-32(43(3)22-28)35(46)39-27-10-11-30-25(17-27)9-6-12-37-30/h4-12,17-23H,13-16H2,1-3H3,(H,39,46)(H,40,45)(H,41,47). The van der Waals surface area contributed by atoms with Crippen molar-refractivity contribution in [2.45, 2.75) is 6.54 Å². The molecule has 4 aromatic heterocycles. The molecule has 2 aromatic carbocycles. The Hall–Kier alpha value is -5.46. The van der Waals surface area contributed by atoms with Gasteiger partial charge in [-0.3, -0.25) is 24.4 Å². The lowest BCUT2D eigenvalue weighted by Gasteiger charge is -2.11. The molecular formula is C36H36N8O3S. The van der Waals surface area contributed by atoms with Gasteiger partial charge in [0.2, 0.25) is 0 Å². The van der Waals surface area contributed by atoms with Crippen LogP contribution in [0.4, 0.5) is 17.1 Å². The molecule has 11 nitrogen and oxygen atoms in total. The van der Waals surface area contributed by atoms with Crippen LogP contribution < -0.4 is 16.0 Å². The van der Waals surface area contributed by atoms with E-state index in [0.717, 1.165) is 39.7 Å². The zero-order valence-electron chi connectivity index (χ0n) is 26.9. The fourth-order valence-electron chi connectivity index (χ4n) is 5.27. The molecule has 3 amide bonds. The second kappa shape index (κ2) is 14.5. The molecule has 0 atom stereocenters. The van der Waals surface area contributed by atoms with Gasteiger partial charge < -0.3 is 30.0 Å². The summed E-state index contributed by atoms with van der Waals surface area (Å²) in [6.45, 7) is 1.51. The van der Waals surface area contributed by atoms with Crippen molar-refractivity contribution in [3.05, 3.63) is 115 Å². The Morgan fingerprint density at radius 1 is 0.729 bits per heavy atom. The Morgan fingerprint density at radius 2 is 1.44 bits per heavy atom. The van der Waals surface area contributed by atoms with Crippen LogP contribution in [0.2, 0.25) is 0 Å². The number of aromatic nitrogens is 4. The summed E-state index contributed by atoms with van der Waals surface area (Å²) in [5, 5.41) is 11.5. The van der Waals surface area contributed by atoms with Gasteiger partial charge in [0.15, 0.2) is 0 Å². The lowest BCUT2D eigenvalue weighted by atomic mass is 10.1. The average Bonchev–Trinajstić information content (AvgIpc) is 3.66. The number of carbonyl (C=O) groups excluding carboxylic acids is 3. The van der Waals surface area contributed by atoms with Gasteiger partial charge in [-0.1, -0.05) is 30.3 Å². The molecule has 0 aliphatic rings. The number of fused-ring (bicyclic) bond motifs is 2. The van der Waals surface area contributed by atoms with E-state index in [1.54, 1.807) is 72.4 Å². The molecule has 0 spiro atoms. The molecule has 0 radical (unpaired) electrons. The number of anilines is 3. The van der Waals surface area contributed by atoms with E-state index in [1.165, 1.54) is 0 Å². The molecule has 0 fully saturated rings. The van der Waals surface area contributed by atoms with Crippen LogP contribution in [0.5, 0.6) is 0 Å². The zero-order chi connectivity index (χ0) is 33.6. The summed E-state index contributed by atoms with van der Waals surface area (Å²) in [4.78, 5) is 50.8. The van der Waals surface area contributed by atoms with Gasteiger partial charge in [-0.2, -0.15) is 11.8 Å². The molecule has 0 unspecified atom stereocenters. The first-order valence-electron chi connectivity index (χ1n) is 15.5. The van der Waals surface area contributed by atoms with Crippen molar-refractivity contribution >= 4 is 68.2 Å². The number of hydrogen-bond acceptors (Lipinski definition) is 7. The molecule has 0 aliphatic heterocycles. The maximum atomic E-state index is 13.6. The van der Waals surface area contributed by atoms with Crippen LogP contribution in [0, 0.1) is 0 Å². The van der Waals surface area contributed by atoms with E-state index >= 15 is 0 Å². The molecule has 6 aromatic rings. The monoisotopic (exact) mass is 660 g/mol. The molecule has 3 N–H and O–H groups in total. The van der Waals surface area contributed by atoms with E-state index in [4.69, 9.17) is 0 Å². The van der Waals surface area contributed by atoms with Gasteiger partial charge in [-0.25, -0.2) is 0 Å². The summed E-state index contributed by atoms with van der Waals surface area (Å²) >= 11 is 1.79. The van der Waals surface area contributed by atoms with Crippen molar-refractivity contribution < 1.29 is 14.4 Å². The Labute approximate surface area is 282 Å². The van der Waals surface area contributed by atoms with Crippen LogP contribution in [0.15, 0.2) is 97.6 Å². The first kappa shape index (κ1) is 32.5. The Morgan fingerprint density at radius 3 is 2.27 bits per heavy atom. The molecule has 6 rings (SSSR count). The highest BCUT2D eigenvalue weighted by atomic mass is 32.2.